The average molecular weight is 448 g/mol. The quantitative estimate of drug-likeness (QED) is 0.543. The van der Waals surface area contributed by atoms with Crippen molar-refractivity contribution >= 4 is 52.5 Å². The van der Waals surface area contributed by atoms with Crippen LogP contribution >= 0.6 is 23.2 Å². The number of rotatable bonds is 6. The van der Waals surface area contributed by atoms with Crippen LogP contribution in [-0.2, 0) is 9.53 Å². The molecule has 8 nitrogen and oxygen atoms in total. The van der Waals surface area contributed by atoms with Crippen molar-refractivity contribution in [2.75, 3.05) is 17.2 Å². The second kappa shape index (κ2) is 9.43. The first kappa shape index (κ1) is 21.4. The number of aryl methyl sites for hydroxylation is 1. The summed E-state index contributed by atoms with van der Waals surface area (Å²) in [6, 6.07) is 10.7. The molecule has 0 aliphatic rings. The number of esters is 1. The largest absolute Gasteiger partial charge is 0.459 e. The number of anilines is 2. The number of amides is 2. The molecule has 1 aromatic carbocycles. The summed E-state index contributed by atoms with van der Waals surface area (Å²) in [5.41, 5.74) is 0.764. The number of benzene rings is 1. The summed E-state index contributed by atoms with van der Waals surface area (Å²) in [6.45, 7) is 1.07. The Kier molecular flexibility index (Phi) is 6.71. The van der Waals surface area contributed by atoms with E-state index in [1.165, 1.54) is 30.5 Å². The Balaban J connectivity index is 1.63. The van der Waals surface area contributed by atoms with E-state index in [1.54, 1.807) is 25.1 Å². The third-order valence-electron chi connectivity index (χ3n) is 3.84. The number of furan rings is 1. The Hall–Kier alpha value is -3.36. The number of hydrogen-bond acceptors (Lipinski definition) is 6. The van der Waals surface area contributed by atoms with E-state index in [1.807, 2.05) is 0 Å². The molecule has 0 spiro atoms. The Labute approximate surface area is 181 Å². The van der Waals surface area contributed by atoms with Gasteiger partial charge < -0.3 is 19.8 Å². The Morgan fingerprint density at radius 2 is 1.83 bits per heavy atom. The first-order chi connectivity index (χ1) is 14.3. The fraction of sp³-hybridized carbons (Fsp3) is 0.100. The van der Waals surface area contributed by atoms with Crippen LogP contribution < -0.4 is 10.6 Å². The molecule has 30 heavy (non-hydrogen) atoms. The predicted octanol–water partition coefficient (Wildman–Crippen LogP) is 4.34. The summed E-state index contributed by atoms with van der Waals surface area (Å²) in [5, 5.41) is 5.52. The lowest BCUT2D eigenvalue weighted by Crippen LogP contribution is -2.22. The van der Waals surface area contributed by atoms with Crippen LogP contribution in [0.25, 0.3) is 0 Å². The number of nitrogens with one attached hydrogen (secondary N) is 2. The van der Waals surface area contributed by atoms with Gasteiger partial charge in [-0.1, -0.05) is 35.3 Å². The number of aromatic nitrogens is 1. The van der Waals surface area contributed by atoms with E-state index >= 15 is 0 Å². The molecule has 3 rings (SSSR count). The number of ether oxygens (including phenoxy) is 1. The molecule has 2 heterocycles. The molecule has 2 aromatic heterocycles. The maximum atomic E-state index is 12.4. The number of halogens is 2. The van der Waals surface area contributed by atoms with Crippen molar-refractivity contribution in [3.63, 3.8) is 0 Å². The minimum Gasteiger partial charge on any atom is -0.459 e. The average Bonchev–Trinajstić information content (AvgIpc) is 3.26. The van der Waals surface area contributed by atoms with E-state index in [-0.39, 0.29) is 27.9 Å². The van der Waals surface area contributed by atoms with Gasteiger partial charge in [-0.25, -0.2) is 9.78 Å². The number of nitrogens with zero attached hydrogens (tertiary/aromatic N) is 1. The van der Waals surface area contributed by atoms with E-state index in [4.69, 9.17) is 32.4 Å². The first-order valence-corrected chi connectivity index (χ1v) is 9.34. The molecule has 0 saturated heterocycles. The minimum absolute atomic E-state index is 0.0729. The summed E-state index contributed by atoms with van der Waals surface area (Å²) >= 11 is 11.9. The van der Waals surface area contributed by atoms with Crippen molar-refractivity contribution in [1.29, 1.82) is 0 Å². The van der Waals surface area contributed by atoms with E-state index in [0.717, 1.165) is 0 Å². The van der Waals surface area contributed by atoms with Gasteiger partial charge in [-0.05, 0) is 37.3 Å². The molecule has 0 aliphatic carbocycles. The SMILES string of the molecule is Cc1nc(NC(=O)COC(=O)c2ccccc2NC(=O)c2ccco2)c(Cl)cc1Cl. The number of pyridine rings is 1. The highest BCUT2D eigenvalue weighted by Gasteiger charge is 2.18. The number of carbonyl (C=O) groups is 3. The van der Waals surface area contributed by atoms with Crippen LogP contribution in [0.2, 0.25) is 10.0 Å². The van der Waals surface area contributed by atoms with Crippen LogP contribution in [0.1, 0.15) is 26.6 Å². The summed E-state index contributed by atoms with van der Waals surface area (Å²) in [5.74, 6) is -1.79. The fourth-order valence-electron chi connectivity index (χ4n) is 2.39. The van der Waals surface area contributed by atoms with Crippen LogP contribution in [0, 0.1) is 6.92 Å². The maximum Gasteiger partial charge on any atom is 0.340 e. The highest BCUT2D eigenvalue weighted by atomic mass is 35.5. The van der Waals surface area contributed by atoms with Gasteiger partial charge in [0.15, 0.2) is 18.2 Å². The minimum atomic E-state index is -0.799. The molecular formula is C20H15Cl2N3O5. The predicted molar refractivity (Wildman–Crippen MR) is 111 cm³/mol. The molecule has 0 atom stereocenters. The van der Waals surface area contributed by atoms with E-state index in [9.17, 15) is 14.4 Å². The summed E-state index contributed by atoms with van der Waals surface area (Å²) in [6.07, 6.45) is 1.36. The van der Waals surface area contributed by atoms with Gasteiger partial charge in [0.25, 0.3) is 11.8 Å². The second-order valence-corrected chi connectivity index (χ2v) is 6.80. The Morgan fingerprint density at radius 1 is 1.07 bits per heavy atom. The summed E-state index contributed by atoms with van der Waals surface area (Å²) in [4.78, 5) is 40.8. The van der Waals surface area contributed by atoms with E-state index in [2.05, 4.69) is 15.6 Å². The Morgan fingerprint density at radius 3 is 2.57 bits per heavy atom. The third kappa shape index (κ3) is 5.16. The van der Waals surface area contributed by atoms with Crippen LogP contribution in [0.3, 0.4) is 0 Å². The zero-order valence-corrected chi connectivity index (χ0v) is 17.1. The number of para-hydroxylation sites is 1. The van der Waals surface area contributed by atoms with Crippen molar-refractivity contribution in [2.24, 2.45) is 0 Å². The van der Waals surface area contributed by atoms with Crippen molar-refractivity contribution in [3.05, 3.63) is 75.8 Å². The second-order valence-electron chi connectivity index (χ2n) is 5.99. The number of hydrogen-bond donors (Lipinski definition) is 2. The summed E-state index contributed by atoms with van der Waals surface area (Å²) in [7, 11) is 0. The van der Waals surface area contributed by atoms with Crippen molar-refractivity contribution in [3.8, 4) is 0 Å². The van der Waals surface area contributed by atoms with Gasteiger partial charge >= 0.3 is 5.97 Å². The van der Waals surface area contributed by atoms with Crippen LogP contribution in [0.4, 0.5) is 11.5 Å². The molecule has 0 saturated carbocycles. The highest BCUT2D eigenvalue weighted by Crippen LogP contribution is 2.25. The highest BCUT2D eigenvalue weighted by molar-refractivity contribution is 6.36. The molecule has 0 radical (unpaired) electrons. The zero-order chi connectivity index (χ0) is 21.7. The first-order valence-electron chi connectivity index (χ1n) is 8.58. The van der Waals surface area contributed by atoms with E-state index in [0.29, 0.717) is 10.7 Å². The number of carbonyl (C=O) groups excluding carboxylic acids is 3. The van der Waals surface area contributed by atoms with Gasteiger partial charge in [0.1, 0.15) is 0 Å². The molecule has 0 fully saturated rings. The molecule has 0 unspecified atom stereocenters. The molecule has 154 valence electrons. The normalized spacial score (nSPS) is 10.4. The van der Waals surface area contributed by atoms with Gasteiger partial charge in [0.05, 0.1) is 33.3 Å². The third-order valence-corrected chi connectivity index (χ3v) is 4.51. The van der Waals surface area contributed by atoms with Crippen molar-refractivity contribution in [1.82, 2.24) is 4.98 Å². The van der Waals surface area contributed by atoms with Gasteiger partial charge in [-0.15, -0.1) is 0 Å². The smallest absolute Gasteiger partial charge is 0.340 e. The summed E-state index contributed by atoms with van der Waals surface area (Å²) < 4.78 is 10.1. The van der Waals surface area contributed by atoms with Gasteiger partial charge in [0.2, 0.25) is 0 Å². The molecule has 2 N–H and O–H groups in total. The lowest BCUT2D eigenvalue weighted by atomic mass is 10.1. The molecule has 2 amide bonds. The lowest BCUT2D eigenvalue weighted by molar-refractivity contribution is -0.119. The van der Waals surface area contributed by atoms with Crippen molar-refractivity contribution < 1.29 is 23.5 Å². The lowest BCUT2D eigenvalue weighted by Gasteiger charge is -2.11. The van der Waals surface area contributed by atoms with Gasteiger partial charge in [0, 0.05) is 0 Å². The van der Waals surface area contributed by atoms with Crippen LogP contribution in [0.15, 0.2) is 53.1 Å². The monoisotopic (exact) mass is 447 g/mol. The standard InChI is InChI=1S/C20H15Cl2N3O5/c1-11-13(21)9-14(22)18(23-11)25-17(26)10-30-20(28)12-5-2-3-6-15(12)24-19(27)16-7-4-8-29-16/h2-9H,10H2,1H3,(H,24,27)(H,23,25,26). The fourth-order valence-corrected chi connectivity index (χ4v) is 2.79. The molecule has 0 aliphatic heterocycles. The van der Waals surface area contributed by atoms with Gasteiger partial charge in [-0.2, -0.15) is 0 Å². The maximum absolute atomic E-state index is 12.4. The topological polar surface area (TPSA) is 111 Å². The Bertz CT molecular complexity index is 1100. The van der Waals surface area contributed by atoms with E-state index < -0.39 is 24.4 Å². The molecule has 10 heteroatoms. The van der Waals surface area contributed by atoms with Crippen LogP contribution in [0.5, 0.6) is 0 Å². The zero-order valence-electron chi connectivity index (χ0n) is 15.6. The van der Waals surface area contributed by atoms with Crippen LogP contribution in [-0.4, -0.2) is 29.4 Å². The molecule has 3 aromatic rings. The molecular weight excluding hydrogens is 433 g/mol. The molecule has 0 bridgehead atoms. The van der Waals surface area contributed by atoms with Gasteiger partial charge in [-0.3, -0.25) is 9.59 Å². The van der Waals surface area contributed by atoms with Crippen molar-refractivity contribution in [2.45, 2.75) is 6.92 Å².